The smallest absolute Gasteiger partial charge is 0.326 e. The Balaban J connectivity index is 2.18. The van der Waals surface area contributed by atoms with Crippen LogP contribution in [0.1, 0.15) is 37.0 Å². The summed E-state index contributed by atoms with van der Waals surface area (Å²) < 4.78 is 5.06. The van der Waals surface area contributed by atoms with E-state index in [2.05, 4.69) is 5.32 Å². The van der Waals surface area contributed by atoms with Gasteiger partial charge in [0.25, 0.3) is 5.91 Å². The first-order chi connectivity index (χ1) is 12.3. The molecule has 1 saturated heterocycles. The summed E-state index contributed by atoms with van der Waals surface area (Å²) in [6.07, 6.45) is 1.05. The van der Waals surface area contributed by atoms with E-state index < -0.39 is 24.0 Å². The highest BCUT2D eigenvalue weighted by atomic mass is 35.5. The van der Waals surface area contributed by atoms with Crippen LogP contribution in [0.25, 0.3) is 0 Å². The zero-order chi connectivity index (χ0) is 19.4. The van der Waals surface area contributed by atoms with Gasteiger partial charge in [-0.25, -0.2) is 4.79 Å². The molecule has 2 amide bonds. The number of aliphatic carboxylic acids is 1. The molecule has 2 N–H and O–H groups in total. The lowest BCUT2D eigenvalue weighted by molar-refractivity contribution is -0.149. The number of carboxylic acid groups (broad SMARTS) is 1. The van der Waals surface area contributed by atoms with Gasteiger partial charge in [0.2, 0.25) is 5.91 Å². The topological polar surface area (TPSA) is 95.9 Å². The van der Waals surface area contributed by atoms with Gasteiger partial charge < -0.3 is 20.1 Å². The largest absolute Gasteiger partial charge is 0.497 e. The quantitative estimate of drug-likeness (QED) is 0.786. The first-order valence-electron chi connectivity index (χ1n) is 8.44. The van der Waals surface area contributed by atoms with E-state index in [1.165, 1.54) is 24.1 Å². The molecule has 1 fully saturated rings. The molecule has 1 heterocycles. The summed E-state index contributed by atoms with van der Waals surface area (Å²) in [4.78, 5) is 38.1. The van der Waals surface area contributed by atoms with Crippen LogP contribution in [0.5, 0.6) is 5.75 Å². The third-order valence-corrected chi connectivity index (χ3v) is 4.77. The Bertz CT molecular complexity index is 707. The van der Waals surface area contributed by atoms with Gasteiger partial charge in [-0.05, 0) is 37.0 Å². The number of ether oxygens (including phenoxy) is 1. The van der Waals surface area contributed by atoms with Gasteiger partial charge in [0.05, 0.1) is 17.7 Å². The average Bonchev–Trinajstić information content (AvgIpc) is 3.08. The predicted molar refractivity (Wildman–Crippen MR) is 96.5 cm³/mol. The SMILES string of the molecule is COc1ccc(C(=O)N[C@H](C(=O)N2CCC[C@H]2C(=O)O)C(C)C)c(Cl)c1. The first kappa shape index (κ1) is 20.0. The number of hydrogen-bond acceptors (Lipinski definition) is 4. The number of nitrogens with one attached hydrogen (secondary N) is 1. The molecule has 0 unspecified atom stereocenters. The fraction of sp³-hybridized carbons (Fsp3) is 0.500. The first-order valence-corrected chi connectivity index (χ1v) is 8.81. The third kappa shape index (κ3) is 4.27. The molecule has 7 nitrogen and oxygen atoms in total. The molecular formula is C18H23ClN2O5. The van der Waals surface area contributed by atoms with Gasteiger partial charge in [-0.2, -0.15) is 0 Å². The highest BCUT2D eigenvalue weighted by molar-refractivity contribution is 6.34. The number of methoxy groups -OCH3 is 1. The standard InChI is InChI=1S/C18H23ClN2O5/c1-10(2)15(17(23)21-8-4-5-14(21)18(24)25)20-16(22)12-7-6-11(26-3)9-13(12)19/h6-7,9-10,14-15H,4-5,8H2,1-3H3,(H,20,22)(H,24,25)/t14-,15-/m0/s1. The van der Waals surface area contributed by atoms with Crippen molar-refractivity contribution in [3.05, 3.63) is 28.8 Å². The van der Waals surface area contributed by atoms with E-state index in [-0.39, 0.29) is 22.4 Å². The molecule has 1 aliphatic heterocycles. The summed E-state index contributed by atoms with van der Waals surface area (Å²) >= 11 is 6.12. The molecule has 1 aromatic carbocycles. The molecule has 2 rings (SSSR count). The fourth-order valence-electron chi connectivity index (χ4n) is 3.01. The van der Waals surface area contributed by atoms with Crippen LogP contribution in [0.3, 0.4) is 0 Å². The Morgan fingerprint density at radius 3 is 2.58 bits per heavy atom. The molecule has 1 aliphatic rings. The molecule has 142 valence electrons. The van der Waals surface area contributed by atoms with Crippen molar-refractivity contribution in [3.8, 4) is 5.75 Å². The number of likely N-dealkylation sites (tertiary alicyclic amines) is 1. The van der Waals surface area contributed by atoms with Crippen LogP contribution < -0.4 is 10.1 Å². The summed E-state index contributed by atoms with van der Waals surface area (Å²) in [5.74, 6) is -1.59. The Kier molecular flexibility index (Phi) is 6.47. The van der Waals surface area contributed by atoms with Gasteiger partial charge in [0, 0.05) is 6.54 Å². The lowest BCUT2D eigenvalue weighted by Crippen LogP contribution is -2.53. The minimum Gasteiger partial charge on any atom is -0.497 e. The van der Waals surface area contributed by atoms with Crippen LogP contribution in [0.4, 0.5) is 0 Å². The zero-order valence-electron chi connectivity index (χ0n) is 15.0. The van der Waals surface area contributed by atoms with Gasteiger partial charge in [-0.3, -0.25) is 9.59 Å². The van der Waals surface area contributed by atoms with Crippen molar-refractivity contribution in [2.75, 3.05) is 13.7 Å². The highest BCUT2D eigenvalue weighted by Gasteiger charge is 2.38. The van der Waals surface area contributed by atoms with Crippen LogP contribution >= 0.6 is 11.6 Å². The molecular weight excluding hydrogens is 360 g/mol. The summed E-state index contributed by atoms with van der Waals surface area (Å²) in [5, 5.41) is 12.2. The van der Waals surface area contributed by atoms with Crippen LogP contribution in [-0.4, -0.2) is 53.5 Å². The predicted octanol–water partition coefficient (Wildman–Crippen LogP) is 2.18. The van der Waals surface area contributed by atoms with Crippen molar-refractivity contribution >= 4 is 29.4 Å². The Labute approximate surface area is 157 Å². The summed E-state index contributed by atoms with van der Waals surface area (Å²) in [6.45, 7) is 3.97. The van der Waals surface area contributed by atoms with Gasteiger partial charge in [-0.15, -0.1) is 0 Å². The van der Waals surface area contributed by atoms with E-state index in [4.69, 9.17) is 16.3 Å². The second-order valence-corrected chi connectivity index (χ2v) is 6.98. The van der Waals surface area contributed by atoms with E-state index >= 15 is 0 Å². The Morgan fingerprint density at radius 1 is 1.35 bits per heavy atom. The fourth-order valence-corrected chi connectivity index (χ4v) is 3.26. The maximum Gasteiger partial charge on any atom is 0.326 e. The minimum atomic E-state index is -1.03. The van der Waals surface area contributed by atoms with E-state index in [9.17, 15) is 19.5 Å². The number of halogens is 1. The second-order valence-electron chi connectivity index (χ2n) is 6.57. The molecule has 0 bridgehead atoms. The minimum absolute atomic E-state index is 0.210. The highest BCUT2D eigenvalue weighted by Crippen LogP contribution is 2.24. The summed E-state index contributed by atoms with van der Waals surface area (Å²) in [5.41, 5.74) is 0.224. The zero-order valence-corrected chi connectivity index (χ0v) is 15.7. The number of benzene rings is 1. The van der Waals surface area contributed by atoms with Crippen molar-refractivity contribution in [3.63, 3.8) is 0 Å². The normalized spacial score (nSPS) is 17.9. The average molecular weight is 383 g/mol. The van der Waals surface area contributed by atoms with Crippen LogP contribution in [0, 0.1) is 5.92 Å². The number of carbonyl (C=O) groups excluding carboxylic acids is 2. The monoisotopic (exact) mass is 382 g/mol. The van der Waals surface area contributed by atoms with Gasteiger partial charge in [0.15, 0.2) is 0 Å². The number of carbonyl (C=O) groups is 3. The molecule has 0 spiro atoms. The van der Waals surface area contributed by atoms with Crippen LogP contribution in [0.2, 0.25) is 5.02 Å². The molecule has 0 aliphatic carbocycles. The molecule has 0 saturated carbocycles. The third-order valence-electron chi connectivity index (χ3n) is 4.46. The van der Waals surface area contributed by atoms with E-state index in [0.29, 0.717) is 25.1 Å². The molecule has 0 aromatic heterocycles. The number of nitrogens with zero attached hydrogens (tertiary/aromatic N) is 1. The molecule has 0 radical (unpaired) electrons. The number of rotatable bonds is 6. The summed E-state index contributed by atoms with van der Waals surface area (Å²) in [6, 6.07) is 2.97. The van der Waals surface area contributed by atoms with Gasteiger partial charge >= 0.3 is 5.97 Å². The Hall–Kier alpha value is -2.28. The van der Waals surface area contributed by atoms with Gasteiger partial charge in [0.1, 0.15) is 17.8 Å². The van der Waals surface area contributed by atoms with E-state index in [1.54, 1.807) is 19.9 Å². The lowest BCUT2D eigenvalue weighted by Gasteiger charge is -2.29. The Morgan fingerprint density at radius 2 is 2.04 bits per heavy atom. The van der Waals surface area contributed by atoms with Crippen molar-refractivity contribution in [2.24, 2.45) is 5.92 Å². The molecule has 26 heavy (non-hydrogen) atoms. The molecule has 2 atom stereocenters. The number of amides is 2. The van der Waals surface area contributed by atoms with E-state index in [0.717, 1.165) is 0 Å². The number of carboxylic acids is 1. The molecule has 8 heteroatoms. The maximum absolute atomic E-state index is 12.8. The van der Waals surface area contributed by atoms with Gasteiger partial charge in [-0.1, -0.05) is 25.4 Å². The van der Waals surface area contributed by atoms with E-state index in [1.807, 2.05) is 0 Å². The second kappa shape index (κ2) is 8.40. The van der Waals surface area contributed by atoms with Crippen molar-refractivity contribution in [2.45, 2.75) is 38.8 Å². The van der Waals surface area contributed by atoms with Crippen molar-refractivity contribution < 1.29 is 24.2 Å². The van der Waals surface area contributed by atoms with Crippen LogP contribution in [-0.2, 0) is 9.59 Å². The van der Waals surface area contributed by atoms with Crippen molar-refractivity contribution in [1.29, 1.82) is 0 Å². The number of hydrogen-bond donors (Lipinski definition) is 2. The summed E-state index contributed by atoms with van der Waals surface area (Å²) in [7, 11) is 1.49. The van der Waals surface area contributed by atoms with Crippen LogP contribution in [0.15, 0.2) is 18.2 Å². The molecule has 1 aromatic rings. The maximum atomic E-state index is 12.8. The lowest BCUT2D eigenvalue weighted by atomic mass is 10.0. The van der Waals surface area contributed by atoms with Crippen molar-refractivity contribution in [1.82, 2.24) is 10.2 Å².